The third kappa shape index (κ3) is 2.11. The highest BCUT2D eigenvalue weighted by Gasteiger charge is 2.30. The van der Waals surface area contributed by atoms with E-state index in [2.05, 4.69) is 5.32 Å². The minimum absolute atomic E-state index is 0. The lowest BCUT2D eigenvalue weighted by Gasteiger charge is -2.30. The largest absolute Gasteiger partial charge is 0.486 e. The molecule has 16 heavy (non-hydrogen) atoms. The van der Waals surface area contributed by atoms with Crippen molar-refractivity contribution in [3.63, 3.8) is 0 Å². The van der Waals surface area contributed by atoms with Crippen molar-refractivity contribution in [3.8, 4) is 11.5 Å². The first-order chi connectivity index (χ1) is 7.43. The molecule has 3 rings (SSSR count). The van der Waals surface area contributed by atoms with Gasteiger partial charge in [-0.3, -0.25) is 0 Å². The Kier molecular flexibility index (Phi) is 3.56. The summed E-state index contributed by atoms with van der Waals surface area (Å²) in [7, 11) is 0. The van der Waals surface area contributed by atoms with Gasteiger partial charge < -0.3 is 14.8 Å². The second-order valence-electron chi connectivity index (χ2n) is 4.12. The maximum atomic E-state index is 5.93. The zero-order valence-electron chi connectivity index (χ0n) is 9.02. The van der Waals surface area contributed by atoms with Crippen molar-refractivity contribution < 1.29 is 9.47 Å². The van der Waals surface area contributed by atoms with Crippen LogP contribution in [0.2, 0.25) is 0 Å². The number of rotatable bonds is 1. The van der Waals surface area contributed by atoms with E-state index in [0.717, 1.165) is 18.0 Å². The van der Waals surface area contributed by atoms with Crippen LogP contribution >= 0.6 is 12.4 Å². The second-order valence-corrected chi connectivity index (χ2v) is 4.12. The molecule has 2 atom stereocenters. The van der Waals surface area contributed by atoms with E-state index in [-0.39, 0.29) is 18.5 Å². The van der Waals surface area contributed by atoms with Crippen molar-refractivity contribution in [2.75, 3.05) is 13.2 Å². The molecule has 2 aliphatic rings. The molecule has 1 aromatic rings. The van der Waals surface area contributed by atoms with Gasteiger partial charge in [0, 0.05) is 6.04 Å². The number of halogens is 1. The van der Waals surface area contributed by atoms with Gasteiger partial charge in [-0.25, -0.2) is 0 Å². The topological polar surface area (TPSA) is 30.5 Å². The summed E-state index contributed by atoms with van der Waals surface area (Å²) < 4.78 is 11.6. The quantitative estimate of drug-likeness (QED) is 0.816. The highest BCUT2D eigenvalue weighted by molar-refractivity contribution is 5.85. The third-order valence-electron chi connectivity index (χ3n) is 3.08. The van der Waals surface area contributed by atoms with Crippen molar-refractivity contribution in [1.82, 2.24) is 5.32 Å². The fourth-order valence-corrected chi connectivity index (χ4v) is 2.26. The highest BCUT2D eigenvalue weighted by Crippen LogP contribution is 2.32. The maximum Gasteiger partial charge on any atom is 0.161 e. The predicted molar refractivity (Wildman–Crippen MR) is 64.6 cm³/mol. The van der Waals surface area contributed by atoms with Crippen LogP contribution in [-0.2, 0) is 0 Å². The molecule has 3 nitrogen and oxygen atoms in total. The smallest absolute Gasteiger partial charge is 0.161 e. The molecular weight excluding hydrogens is 226 g/mol. The number of hydrogen-bond acceptors (Lipinski definition) is 3. The summed E-state index contributed by atoms with van der Waals surface area (Å²) in [5, 5.41) is 3.45. The summed E-state index contributed by atoms with van der Waals surface area (Å²) in [5.41, 5.74) is 0. The van der Waals surface area contributed by atoms with Crippen molar-refractivity contribution >= 4 is 12.4 Å². The molecule has 88 valence electrons. The van der Waals surface area contributed by atoms with Crippen molar-refractivity contribution in [2.24, 2.45) is 0 Å². The lowest BCUT2D eigenvalue weighted by Crippen LogP contribution is -2.44. The minimum atomic E-state index is 0. The number of hydrogen-bond donors (Lipinski definition) is 1. The Hall–Kier alpha value is -0.930. The average Bonchev–Trinajstić information content (AvgIpc) is 2.82. The van der Waals surface area contributed by atoms with E-state index in [0.29, 0.717) is 12.6 Å². The first kappa shape index (κ1) is 11.6. The van der Waals surface area contributed by atoms with Gasteiger partial charge in [0.25, 0.3) is 0 Å². The van der Waals surface area contributed by atoms with Gasteiger partial charge in [0.05, 0.1) is 0 Å². The van der Waals surface area contributed by atoms with E-state index in [1.54, 1.807) is 0 Å². The van der Waals surface area contributed by atoms with Crippen LogP contribution in [0.15, 0.2) is 24.3 Å². The number of fused-ring (bicyclic) bond motifs is 1. The highest BCUT2D eigenvalue weighted by atomic mass is 35.5. The summed E-state index contributed by atoms with van der Waals surface area (Å²) in [4.78, 5) is 0. The van der Waals surface area contributed by atoms with Crippen LogP contribution in [0.3, 0.4) is 0 Å². The van der Waals surface area contributed by atoms with Gasteiger partial charge in [-0.05, 0) is 31.5 Å². The van der Waals surface area contributed by atoms with Crippen molar-refractivity contribution in [1.29, 1.82) is 0 Å². The predicted octanol–water partition coefficient (Wildman–Crippen LogP) is 2.00. The standard InChI is InChI=1S/C12H15NO2.ClH/c1-2-6-11-10(5-1)14-8-12(15-11)9-4-3-7-13-9;/h1-2,5-6,9,12-13H,3-4,7-8H2;1H/t9-,12+;/m0./s1. The number of benzene rings is 1. The van der Waals surface area contributed by atoms with Crippen LogP contribution in [0.5, 0.6) is 11.5 Å². The van der Waals surface area contributed by atoms with E-state index in [9.17, 15) is 0 Å². The number of nitrogens with one attached hydrogen (secondary N) is 1. The molecule has 0 aromatic heterocycles. The van der Waals surface area contributed by atoms with Crippen LogP contribution in [0.4, 0.5) is 0 Å². The van der Waals surface area contributed by atoms with Crippen LogP contribution < -0.4 is 14.8 Å². The Bertz CT molecular complexity index is 353. The summed E-state index contributed by atoms with van der Waals surface area (Å²) in [6, 6.07) is 8.32. The molecule has 0 aliphatic carbocycles. The molecule has 4 heteroatoms. The molecule has 0 bridgehead atoms. The molecule has 2 heterocycles. The van der Waals surface area contributed by atoms with Gasteiger partial charge in [-0.2, -0.15) is 0 Å². The molecule has 0 saturated carbocycles. The molecule has 0 amide bonds. The van der Waals surface area contributed by atoms with Crippen LogP contribution in [0.1, 0.15) is 12.8 Å². The lowest BCUT2D eigenvalue weighted by molar-refractivity contribution is 0.0672. The van der Waals surface area contributed by atoms with E-state index >= 15 is 0 Å². The molecule has 1 aromatic carbocycles. The summed E-state index contributed by atoms with van der Waals surface area (Å²) in [6.07, 6.45) is 2.60. The molecule has 1 N–H and O–H groups in total. The first-order valence-electron chi connectivity index (χ1n) is 5.55. The summed E-state index contributed by atoms with van der Waals surface area (Å²) in [6.45, 7) is 1.76. The van der Waals surface area contributed by atoms with E-state index in [1.165, 1.54) is 12.8 Å². The molecule has 2 aliphatic heterocycles. The Morgan fingerprint density at radius 1 is 1.19 bits per heavy atom. The Morgan fingerprint density at radius 2 is 2.00 bits per heavy atom. The normalized spacial score (nSPS) is 27.2. The SMILES string of the molecule is Cl.c1ccc2c(c1)OC[C@H]([C@@H]1CCCN1)O2. The molecule has 0 spiro atoms. The van der Waals surface area contributed by atoms with E-state index in [4.69, 9.17) is 9.47 Å². The minimum Gasteiger partial charge on any atom is -0.486 e. The zero-order chi connectivity index (χ0) is 10.1. The Balaban J connectivity index is 0.000000963. The summed E-state index contributed by atoms with van der Waals surface area (Å²) >= 11 is 0. The summed E-state index contributed by atoms with van der Waals surface area (Å²) in [5.74, 6) is 1.74. The van der Waals surface area contributed by atoms with Gasteiger partial charge in [0.2, 0.25) is 0 Å². The van der Waals surface area contributed by atoms with Crippen molar-refractivity contribution in [3.05, 3.63) is 24.3 Å². The Labute approximate surface area is 102 Å². The van der Waals surface area contributed by atoms with Gasteiger partial charge in [0.1, 0.15) is 12.7 Å². The van der Waals surface area contributed by atoms with E-state index < -0.39 is 0 Å². The van der Waals surface area contributed by atoms with Gasteiger partial charge in [0.15, 0.2) is 11.5 Å². The first-order valence-corrected chi connectivity index (χ1v) is 5.55. The molecule has 0 unspecified atom stereocenters. The number of ether oxygens (including phenoxy) is 2. The monoisotopic (exact) mass is 241 g/mol. The Morgan fingerprint density at radius 3 is 2.75 bits per heavy atom. The van der Waals surface area contributed by atoms with Gasteiger partial charge in [-0.15, -0.1) is 12.4 Å². The van der Waals surface area contributed by atoms with Crippen LogP contribution in [-0.4, -0.2) is 25.3 Å². The third-order valence-corrected chi connectivity index (χ3v) is 3.08. The van der Waals surface area contributed by atoms with Crippen LogP contribution in [0, 0.1) is 0 Å². The fourth-order valence-electron chi connectivity index (χ4n) is 2.26. The lowest BCUT2D eigenvalue weighted by atomic mass is 10.1. The van der Waals surface area contributed by atoms with Crippen molar-refractivity contribution in [2.45, 2.75) is 25.0 Å². The second kappa shape index (κ2) is 4.93. The van der Waals surface area contributed by atoms with Gasteiger partial charge in [-0.1, -0.05) is 12.1 Å². The maximum absolute atomic E-state index is 5.93. The van der Waals surface area contributed by atoms with E-state index in [1.807, 2.05) is 24.3 Å². The average molecular weight is 242 g/mol. The van der Waals surface area contributed by atoms with Gasteiger partial charge >= 0.3 is 0 Å². The molecule has 1 saturated heterocycles. The molecular formula is C12H16ClNO2. The molecule has 1 fully saturated rings. The zero-order valence-corrected chi connectivity index (χ0v) is 9.83. The fraction of sp³-hybridized carbons (Fsp3) is 0.500. The van der Waals surface area contributed by atoms with Crippen LogP contribution in [0.25, 0.3) is 0 Å². The molecule has 0 radical (unpaired) electrons. The number of para-hydroxylation sites is 2.